The smallest absolute Gasteiger partial charge is 0.198 e. The lowest BCUT2D eigenvalue weighted by Crippen LogP contribution is -2.14. The van der Waals surface area contributed by atoms with E-state index in [0.717, 1.165) is 5.56 Å². The van der Waals surface area contributed by atoms with Crippen molar-refractivity contribution < 1.29 is 9.59 Å². The minimum atomic E-state index is -0.330. The molecule has 13 heavy (non-hydrogen) atoms. The van der Waals surface area contributed by atoms with Gasteiger partial charge in [-0.2, -0.15) is 0 Å². The van der Waals surface area contributed by atoms with Crippen molar-refractivity contribution in [3.8, 4) is 0 Å². The molecule has 2 nitrogen and oxygen atoms in total. The van der Waals surface area contributed by atoms with Crippen molar-refractivity contribution in [2.24, 2.45) is 5.92 Å². The molecule has 0 unspecified atom stereocenters. The number of Topliss-reactive ketones (excluding diaryl/α,β-unsaturated/α-hetero) is 1. The first kappa shape index (κ1) is 9.65. The summed E-state index contributed by atoms with van der Waals surface area (Å²) in [6.07, 6.45) is 1.03. The van der Waals surface area contributed by atoms with Crippen LogP contribution < -0.4 is 0 Å². The molecule has 0 amide bonds. The molecule has 0 saturated heterocycles. The highest BCUT2D eigenvalue weighted by Crippen LogP contribution is 2.07. The van der Waals surface area contributed by atoms with E-state index in [-0.39, 0.29) is 11.7 Å². The molecule has 1 aromatic rings. The van der Waals surface area contributed by atoms with Gasteiger partial charge in [0.1, 0.15) is 0 Å². The van der Waals surface area contributed by atoms with Crippen LogP contribution in [0.25, 0.3) is 0 Å². The number of aldehydes is 1. The molecule has 0 fully saturated rings. The summed E-state index contributed by atoms with van der Waals surface area (Å²) in [7, 11) is 0. The van der Waals surface area contributed by atoms with E-state index < -0.39 is 0 Å². The van der Waals surface area contributed by atoms with Crippen molar-refractivity contribution in [1.29, 1.82) is 0 Å². The van der Waals surface area contributed by atoms with Crippen LogP contribution in [-0.4, -0.2) is 12.1 Å². The molecule has 0 saturated carbocycles. The Morgan fingerprint density at radius 3 is 2.54 bits per heavy atom. The molecule has 0 bridgehead atoms. The summed E-state index contributed by atoms with van der Waals surface area (Å²) >= 11 is 0. The van der Waals surface area contributed by atoms with Crippen LogP contribution in [0.1, 0.15) is 12.5 Å². The molecule has 1 aromatic carbocycles. The highest BCUT2D eigenvalue weighted by molar-refractivity contribution is 6.25. The van der Waals surface area contributed by atoms with Gasteiger partial charge in [-0.15, -0.1) is 0 Å². The van der Waals surface area contributed by atoms with Crippen LogP contribution in [0.15, 0.2) is 30.3 Å². The van der Waals surface area contributed by atoms with Gasteiger partial charge in [0, 0.05) is 5.92 Å². The summed E-state index contributed by atoms with van der Waals surface area (Å²) in [5.74, 6) is -0.538. The third-order valence-electron chi connectivity index (χ3n) is 1.99. The van der Waals surface area contributed by atoms with E-state index in [1.54, 1.807) is 6.92 Å². The second-order valence-corrected chi connectivity index (χ2v) is 3.11. The molecule has 68 valence electrons. The Hall–Kier alpha value is -1.44. The molecule has 0 aromatic heterocycles. The standard InChI is InChI=1S/C11H12O2/c1-9(11(13)8-12)7-10-5-3-2-4-6-10/h2-6,8-9H,7H2,1H3/t9-/m1/s1. The summed E-state index contributed by atoms with van der Waals surface area (Å²) in [5.41, 5.74) is 1.09. The zero-order valence-corrected chi connectivity index (χ0v) is 7.57. The van der Waals surface area contributed by atoms with Gasteiger partial charge in [0.2, 0.25) is 0 Å². The van der Waals surface area contributed by atoms with E-state index in [4.69, 9.17) is 0 Å². The fourth-order valence-electron chi connectivity index (χ4n) is 1.18. The molecule has 0 spiro atoms. The molecule has 0 aliphatic carbocycles. The van der Waals surface area contributed by atoms with Crippen molar-refractivity contribution in [2.75, 3.05) is 0 Å². The van der Waals surface area contributed by atoms with Gasteiger partial charge in [0.15, 0.2) is 12.1 Å². The Kier molecular flexibility index (Phi) is 3.38. The quantitative estimate of drug-likeness (QED) is 0.516. The minimum Gasteiger partial charge on any atom is -0.295 e. The first-order valence-corrected chi connectivity index (χ1v) is 4.27. The topological polar surface area (TPSA) is 34.1 Å². The highest BCUT2D eigenvalue weighted by Gasteiger charge is 2.11. The maximum absolute atomic E-state index is 10.9. The first-order valence-electron chi connectivity index (χ1n) is 4.27. The van der Waals surface area contributed by atoms with Gasteiger partial charge in [-0.05, 0) is 12.0 Å². The number of carbonyl (C=O) groups excluding carboxylic acids is 2. The third-order valence-corrected chi connectivity index (χ3v) is 1.99. The van der Waals surface area contributed by atoms with Crippen molar-refractivity contribution in [1.82, 2.24) is 0 Å². The monoisotopic (exact) mass is 176 g/mol. The lowest BCUT2D eigenvalue weighted by molar-refractivity contribution is -0.132. The van der Waals surface area contributed by atoms with Gasteiger partial charge in [0.25, 0.3) is 0 Å². The van der Waals surface area contributed by atoms with Crippen LogP contribution in [0.2, 0.25) is 0 Å². The van der Waals surface area contributed by atoms with Gasteiger partial charge in [-0.1, -0.05) is 37.3 Å². The van der Waals surface area contributed by atoms with E-state index in [2.05, 4.69) is 0 Å². The zero-order valence-electron chi connectivity index (χ0n) is 7.57. The number of hydrogen-bond donors (Lipinski definition) is 0. The van der Waals surface area contributed by atoms with E-state index in [1.165, 1.54) is 0 Å². The Balaban J connectivity index is 2.60. The summed E-state index contributed by atoms with van der Waals surface area (Å²) in [4.78, 5) is 21.1. The third kappa shape index (κ3) is 2.82. The lowest BCUT2D eigenvalue weighted by Gasteiger charge is -2.05. The average Bonchev–Trinajstić information content (AvgIpc) is 2.18. The number of rotatable bonds is 4. The van der Waals surface area contributed by atoms with Crippen molar-refractivity contribution in [2.45, 2.75) is 13.3 Å². The molecular weight excluding hydrogens is 164 g/mol. The molecule has 1 atom stereocenters. The van der Waals surface area contributed by atoms with Crippen LogP contribution in [-0.2, 0) is 16.0 Å². The van der Waals surface area contributed by atoms with Gasteiger partial charge in [-0.25, -0.2) is 0 Å². The number of benzene rings is 1. The van der Waals surface area contributed by atoms with E-state index in [9.17, 15) is 9.59 Å². The van der Waals surface area contributed by atoms with Crippen LogP contribution in [0.5, 0.6) is 0 Å². The number of ketones is 1. The molecular formula is C11H12O2. The fraction of sp³-hybridized carbons (Fsp3) is 0.273. The highest BCUT2D eigenvalue weighted by atomic mass is 16.2. The van der Waals surface area contributed by atoms with Crippen LogP contribution in [0.4, 0.5) is 0 Å². The van der Waals surface area contributed by atoms with Crippen LogP contribution in [0, 0.1) is 5.92 Å². The van der Waals surface area contributed by atoms with Crippen molar-refractivity contribution in [3.63, 3.8) is 0 Å². The Morgan fingerprint density at radius 2 is 2.00 bits per heavy atom. The summed E-state index contributed by atoms with van der Waals surface area (Å²) < 4.78 is 0. The molecule has 1 rings (SSSR count). The van der Waals surface area contributed by atoms with Gasteiger partial charge < -0.3 is 0 Å². The van der Waals surface area contributed by atoms with E-state index in [1.807, 2.05) is 30.3 Å². The molecule has 0 radical (unpaired) electrons. The van der Waals surface area contributed by atoms with E-state index in [0.29, 0.717) is 12.7 Å². The molecule has 0 aliphatic rings. The Bertz CT molecular complexity index is 290. The lowest BCUT2D eigenvalue weighted by atomic mass is 9.98. The second kappa shape index (κ2) is 4.55. The van der Waals surface area contributed by atoms with Gasteiger partial charge in [0.05, 0.1) is 0 Å². The number of hydrogen-bond acceptors (Lipinski definition) is 2. The molecule has 0 aliphatic heterocycles. The molecule has 0 heterocycles. The SMILES string of the molecule is C[C@H](Cc1ccccc1)C(=O)C=O. The minimum absolute atomic E-state index is 0.208. The Morgan fingerprint density at radius 1 is 1.38 bits per heavy atom. The summed E-state index contributed by atoms with van der Waals surface area (Å²) in [5, 5.41) is 0. The van der Waals surface area contributed by atoms with Gasteiger partial charge >= 0.3 is 0 Å². The molecule has 2 heteroatoms. The van der Waals surface area contributed by atoms with Crippen molar-refractivity contribution in [3.05, 3.63) is 35.9 Å². The summed E-state index contributed by atoms with van der Waals surface area (Å²) in [6, 6.07) is 9.68. The normalized spacial score (nSPS) is 12.1. The first-order chi connectivity index (χ1) is 6.24. The second-order valence-electron chi connectivity index (χ2n) is 3.11. The largest absolute Gasteiger partial charge is 0.295 e. The van der Waals surface area contributed by atoms with Crippen LogP contribution in [0.3, 0.4) is 0 Å². The zero-order chi connectivity index (χ0) is 9.68. The van der Waals surface area contributed by atoms with Crippen LogP contribution >= 0.6 is 0 Å². The maximum Gasteiger partial charge on any atom is 0.198 e. The maximum atomic E-state index is 10.9. The number of carbonyl (C=O) groups is 2. The average molecular weight is 176 g/mol. The van der Waals surface area contributed by atoms with Crippen molar-refractivity contribution >= 4 is 12.1 Å². The molecule has 0 N–H and O–H groups in total. The Labute approximate surface area is 77.6 Å². The van der Waals surface area contributed by atoms with E-state index >= 15 is 0 Å². The predicted molar refractivity (Wildman–Crippen MR) is 50.4 cm³/mol. The van der Waals surface area contributed by atoms with Gasteiger partial charge in [-0.3, -0.25) is 9.59 Å². The fourth-order valence-corrected chi connectivity index (χ4v) is 1.18. The summed E-state index contributed by atoms with van der Waals surface area (Å²) in [6.45, 7) is 1.77. The predicted octanol–water partition coefficient (Wildman–Crippen LogP) is 1.63.